The smallest absolute Gasteiger partial charge is 0.115 e. The molecule has 0 radical (unpaired) electrons. The van der Waals surface area contributed by atoms with Crippen LogP contribution in [-0.2, 0) is 0 Å². The van der Waals surface area contributed by atoms with E-state index in [1.165, 1.54) is 5.56 Å². The van der Waals surface area contributed by atoms with Gasteiger partial charge in [0.05, 0.1) is 6.10 Å². The maximum atomic E-state index is 10.1. The third kappa shape index (κ3) is 3.81. The Hall–Kier alpha value is -1.84. The van der Waals surface area contributed by atoms with Crippen molar-refractivity contribution in [1.29, 1.82) is 0 Å². The van der Waals surface area contributed by atoms with E-state index in [4.69, 9.17) is 0 Å². The first-order chi connectivity index (χ1) is 9.16. The van der Waals surface area contributed by atoms with Gasteiger partial charge in [-0.3, -0.25) is 0 Å². The van der Waals surface area contributed by atoms with Gasteiger partial charge in [-0.1, -0.05) is 42.5 Å². The Labute approximate surface area is 113 Å². The van der Waals surface area contributed by atoms with Crippen molar-refractivity contribution in [2.45, 2.75) is 19.1 Å². The van der Waals surface area contributed by atoms with Gasteiger partial charge < -0.3 is 15.5 Å². The number of aliphatic hydroxyl groups is 1. The quantitative estimate of drug-likeness (QED) is 0.772. The second-order valence-electron chi connectivity index (χ2n) is 4.65. The topological polar surface area (TPSA) is 52.5 Å². The lowest BCUT2D eigenvalue weighted by Gasteiger charge is -2.17. The SMILES string of the molecule is C[C@@H](NC[C@@H](O)c1ccc(O)cc1)c1ccccc1. The van der Waals surface area contributed by atoms with E-state index in [0.29, 0.717) is 6.54 Å². The third-order valence-corrected chi connectivity index (χ3v) is 3.19. The highest BCUT2D eigenvalue weighted by Crippen LogP contribution is 2.17. The molecule has 2 aromatic rings. The van der Waals surface area contributed by atoms with E-state index in [0.717, 1.165) is 5.56 Å². The molecule has 0 bridgehead atoms. The maximum absolute atomic E-state index is 10.1. The van der Waals surface area contributed by atoms with Gasteiger partial charge in [-0.25, -0.2) is 0 Å². The van der Waals surface area contributed by atoms with Gasteiger partial charge in [-0.2, -0.15) is 0 Å². The molecule has 0 aliphatic carbocycles. The minimum absolute atomic E-state index is 0.188. The molecule has 0 aromatic heterocycles. The number of phenolic OH excluding ortho intramolecular Hbond substituents is 1. The lowest BCUT2D eigenvalue weighted by molar-refractivity contribution is 0.170. The van der Waals surface area contributed by atoms with Crippen LogP contribution in [0.25, 0.3) is 0 Å². The normalized spacial score (nSPS) is 14.0. The highest BCUT2D eigenvalue weighted by atomic mass is 16.3. The minimum Gasteiger partial charge on any atom is -0.508 e. The van der Waals surface area contributed by atoms with Crippen LogP contribution in [-0.4, -0.2) is 16.8 Å². The fraction of sp³-hybridized carbons (Fsp3) is 0.250. The Morgan fingerprint density at radius 1 is 0.947 bits per heavy atom. The fourth-order valence-corrected chi connectivity index (χ4v) is 1.96. The number of hydrogen-bond donors (Lipinski definition) is 3. The highest BCUT2D eigenvalue weighted by molar-refractivity contribution is 5.27. The van der Waals surface area contributed by atoms with Gasteiger partial charge in [0.2, 0.25) is 0 Å². The molecule has 0 unspecified atom stereocenters. The molecule has 2 aromatic carbocycles. The molecule has 3 nitrogen and oxygen atoms in total. The van der Waals surface area contributed by atoms with E-state index in [1.54, 1.807) is 24.3 Å². The van der Waals surface area contributed by atoms with Crippen LogP contribution in [0.4, 0.5) is 0 Å². The third-order valence-electron chi connectivity index (χ3n) is 3.19. The number of rotatable bonds is 5. The second kappa shape index (κ2) is 6.36. The second-order valence-corrected chi connectivity index (χ2v) is 4.65. The van der Waals surface area contributed by atoms with Crippen molar-refractivity contribution in [3.8, 4) is 5.75 Å². The summed E-state index contributed by atoms with van der Waals surface area (Å²) in [6.45, 7) is 2.54. The molecule has 0 saturated heterocycles. The number of phenols is 1. The van der Waals surface area contributed by atoms with Crippen LogP contribution >= 0.6 is 0 Å². The Kier molecular flexibility index (Phi) is 4.55. The largest absolute Gasteiger partial charge is 0.508 e. The Morgan fingerprint density at radius 2 is 1.58 bits per heavy atom. The van der Waals surface area contributed by atoms with Crippen molar-refractivity contribution in [2.24, 2.45) is 0 Å². The maximum Gasteiger partial charge on any atom is 0.115 e. The summed E-state index contributed by atoms with van der Waals surface area (Å²) in [6, 6.07) is 16.9. The molecule has 3 heteroatoms. The van der Waals surface area contributed by atoms with Gasteiger partial charge >= 0.3 is 0 Å². The molecular formula is C16H19NO2. The molecule has 0 aliphatic rings. The molecule has 0 heterocycles. The molecule has 2 rings (SSSR count). The number of benzene rings is 2. The van der Waals surface area contributed by atoms with Crippen LogP contribution in [0.3, 0.4) is 0 Å². The average Bonchev–Trinajstić information content (AvgIpc) is 2.46. The lowest BCUT2D eigenvalue weighted by Crippen LogP contribution is -2.24. The summed E-state index contributed by atoms with van der Waals surface area (Å²) in [5.74, 6) is 0.210. The molecule has 0 spiro atoms. The van der Waals surface area contributed by atoms with E-state index in [2.05, 4.69) is 24.4 Å². The summed E-state index contributed by atoms with van der Waals surface area (Å²) in [4.78, 5) is 0. The van der Waals surface area contributed by atoms with Crippen LogP contribution in [0, 0.1) is 0 Å². The molecule has 3 N–H and O–H groups in total. The first-order valence-electron chi connectivity index (χ1n) is 6.42. The van der Waals surface area contributed by atoms with Crippen molar-refractivity contribution >= 4 is 0 Å². The van der Waals surface area contributed by atoms with E-state index in [9.17, 15) is 10.2 Å². The number of aliphatic hydroxyl groups excluding tert-OH is 1. The average molecular weight is 257 g/mol. The molecule has 100 valence electrons. The minimum atomic E-state index is -0.577. The number of aromatic hydroxyl groups is 1. The summed E-state index contributed by atoms with van der Waals surface area (Å²) in [5.41, 5.74) is 1.99. The fourth-order valence-electron chi connectivity index (χ4n) is 1.96. The monoisotopic (exact) mass is 257 g/mol. The van der Waals surface area contributed by atoms with Gasteiger partial charge in [0, 0.05) is 12.6 Å². The van der Waals surface area contributed by atoms with Crippen molar-refractivity contribution in [1.82, 2.24) is 5.32 Å². The van der Waals surface area contributed by atoms with Crippen molar-refractivity contribution < 1.29 is 10.2 Å². The summed E-state index contributed by atoms with van der Waals surface area (Å²) in [5, 5.41) is 22.6. The summed E-state index contributed by atoms with van der Waals surface area (Å²) in [6.07, 6.45) is -0.577. The van der Waals surface area contributed by atoms with Gasteiger partial charge in [0.25, 0.3) is 0 Å². The van der Waals surface area contributed by atoms with Crippen molar-refractivity contribution in [2.75, 3.05) is 6.54 Å². The Bertz CT molecular complexity index is 496. The lowest BCUT2D eigenvalue weighted by atomic mass is 10.1. The molecule has 0 aliphatic heterocycles. The van der Waals surface area contributed by atoms with Gasteiger partial charge in [-0.05, 0) is 30.2 Å². The van der Waals surface area contributed by atoms with E-state index >= 15 is 0 Å². The Balaban J connectivity index is 1.90. The molecular weight excluding hydrogens is 238 g/mol. The van der Waals surface area contributed by atoms with Gasteiger partial charge in [0.1, 0.15) is 5.75 Å². The van der Waals surface area contributed by atoms with Crippen molar-refractivity contribution in [3.05, 3.63) is 65.7 Å². The van der Waals surface area contributed by atoms with E-state index in [1.807, 2.05) is 18.2 Å². The van der Waals surface area contributed by atoms with Crippen LogP contribution in [0.1, 0.15) is 30.2 Å². The molecule has 0 saturated carbocycles. The van der Waals surface area contributed by atoms with Crippen LogP contribution in [0.15, 0.2) is 54.6 Å². The highest BCUT2D eigenvalue weighted by Gasteiger charge is 2.10. The van der Waals surface area contributed by atoms with E-state index in [-0.39, 0.29) is 11.8 Å². The van der Waals surface area contributed by atoms with E-state index < -0.39 is 6.10 Å². The first kappa shape index (κ1) is 13.6. The molecule has 0 amide bonds. The van der Waals surface area contributed by atoms with Crippen LogP contribution < -0.4 is 5.32 Å². The molecule has 2 atom stereocenters. The zero-order chi connectivity index (χ0) is 13.7. The predicted octanol–water partition coefficient (Wildman–Crippen LogP) is 2.78. The zero-order valence-corrected chi connectivity index (χ0v) is 11.0. The summed E-state index contributed by atoms with van der Waals surface area (Å²) < 4.78 is 0. The predicted molar refractivity (Wildman–Crippen MR) is 75.9 cm³/mol. The zero-order valence-electron chi connectivity index (χ0n) is 11.0. The molecule has 0 fully saturated rings. The molecule has 19 heavy (non-hydrogen) atoms. The van der Waals surface area contributed by atoms with Crippen LogP contribution in [0.2, 0.25) is 0 Å². The number of nitrogens with one attached hydrogen (secondary N) is 1. The Morgan fingerprint density at radius 3 is 2.21 bits per heavy atom. The standard InChI is InChI=1S/C16H19NO2/c1-12(13-5-3-2-4-6-13)17-11-16(19)14-7-9-15(18)10-8-14/h2-10,12,16-19H,11H2,1H3/t12-,16-/m1/s1. The van der Waals surface area contributed by atoms with Crippen molar-refractivity contribution in [3.63, 3.8) is 0 Å². The van der Waals surface area contributed by atoms with Gasteiger partial charge in [0.15, 0.2) is 0 Å². The first-order valence-corrected chi connectivity index (χ1v) is 6.42. The van der Waals surface area contributed by atoms with Crippen LogP contribution in [0.5, 0.6) is 5.75 Å². The summed E-state index contributed by atoms with van der Waals surface area (Å²) >= 11 is 0. The number of hydrogen-bond acceptors (Lipinski definition) is 3. The van der Waals surface area contributed by atoms with Gasteiger partial charge in [-0.15, -0.1) is 0 Å². The summed E-state index contributed by atoms with van der Waals surface area (Å²) in [7, 11) is 0.